The second-order valence-corrected chi connectivity index (χ2v) is 5.75. The molecule has 0 amide bonds. The fourth-order valence-electron chi connectivity index (χ4n) is 1.56. The molecule has 1 nitrogen and oxygen atoms in total. The van der Waals surface area contributed by atoms with Crippen LogP contribution in [0.1, 0.15) is 17.3 Å². The summed E-state index contributed by atoms with van der Waals surface area (Å²) in [4.78, 5) is 12.4. The molecular formula is C14H9Cl2FOS. The molecule has 2 aromatic carbocycles. The molecule has 2 aromatic rings. The zero-order valence-corrected chi connectivity index (χ0v) is 12.2. The van der Waals surface area contributed by atoms with Crippen LogP contribution in [0.25, 0.3) is 0 Å². The Morgan fingerprint density at radius 2 is 1.95 bits per heavy atom. The van der Waals surface area contributed by atoms with Gasteiger partial charge in [-0.15, -0.1) is 0 Å². The minimum atomic E-state index is -0.450. The SMILES string of the molecule is CC(=O)c1cccc(F)c1Sc1cc(Cl)ccc1Cl. The highest BCUT2D eigenvalue weighted by Crippen LogP contribution is 2.38. The summed E-state index contributed by atoms with van der Waals surface area (Å²) in [5.41, 5.74) is 0.334. The number of Topliss-reactive ketones (excluding diaryl/α,β-unsaturated/α-hetero) is 1. The molecular weight excluding hydrogens is 306 g/mol. The van der Waals surface area contributed by atoms with Gasteiger partial charge < -0.3 is 0 Å². The first-order valence-electron chi connectivity index (χ1n) is 5.41. The van der Waals surface area contributed by atoms with Crippen LogP contribution in [0.2, 0.25) is 10.0 Å². The molecule has 0 radical (unpaired) electrons. The molecule has 0 saturated heterocycles. The third-order valence-electron chi connectivity index (χ3n) is 2.45. The van der Waals surface area contributed by atoms with Crippen LogP contribution in [0.4, 0.5) is 4.39 Å². The predicted octanol–water partition coefficient (Wildman–Crippen LogP) is 5.49. The van der Waals surface area contributed by atoms with Gasteiger partial charge in [0, 0.05) is 15.5 Å². The summed E-state index contributed by atoms with van der Waals surface area (Å²) in [6, 6.07) is 9.35. The number of ketones is 1. The van der Waals surface area contributed by atoms with Crippen molar-refractivity contribution in [1.82, 2.24) is 0 Å². The highest BCUT2D eigenvalue weighted by atomic mass is 35.5. The van der Waals surface area contributed by atoms with Crippen LogP contribution >= 0.6 is 35.0 Å². The number of carbonyl (C=O) groups excluding carboxylic acids is 1. The highest BCUT2D eigenvalue weighted by molar-refractivity contribution is 7.99. The average molecular weight is 315 g/mol. The summed E-state index contributed by atoms with van der Waals surface area (Å²) in [5, 5.41) is 0.972. The zero-order valence-electron chi connectivity index (χ0n) is 9.91. The summed E-state index contributed by atoms with van der Waals surface area (Å²) in [6.45, 7) is 1.40. The zero-order chi connectivity index (χ0) is 14.0. The predicted molar refractivity (Wildman–Crippen MR) is 77.0 cm³/mol. The van der Waals surface area contributed by atoms with E-state index in [9.17, 15) is 9.18 Å². The lowest BCUT2D eigenvalue weighted by molar-refractivity contribution is 0.101. The van der Waals surface area contributed by atoms with E-state index in [1.807, 2.05) is 0 Å². The van der Waals surface area contributed by atoms with Crippen LogP contribution in [-0.2, 0) is 0 Å². The third kappa shape index (κ3) is 3.30. The van der Waals surface area contributed by atoms with Gasteiger partial charge in [0.25, 0.3) is 0 Å². The number of hydrogen-bond acceptors (Lipinski definition) is 2. The van der Waals surface area contributed by atoms with Crippen LogP contribution in [0.15, 0.2) is 46.2 Å². The molecule has 0 N–H and O–H groups in total. The van der Waals surface area contributed by atoms with Crippen molar-refractivity contribution in [2.24, 2.45) is 0 Å². The molecule has 0 aliphatic rings. The minimum Gasteiger partial charge on any atom is -0.294 e. The standard InChI is InChI=1S/C14H9Cl2FOS/c1-8(18)10-3-2-4-12(17)14(10)19-13-7-9(15)5-6-11(13)16/h2-7H,1H3. The molecule has 2 rings (SSSR count). The van der Waals surface area contributed by atoms with Crippen LogP contribution < -0.4 is 0 Å². The molecule has 0 aliphatic carbocycles. The van der Waals surface area contributed by atoms with Gasteiger partial charge in [-0.2, -0.15) is 0 Å². The number of carbonyl (C=O) groups is 1. The van der Waals surface area contributed by atoms with Crippen molar-refractivity contribution in [3.05, 3.63) is 57.8 Å². The maximum atomic E-state index is 13.9. The first-order valence-corrected chi connectivity index (χ1v) is 6.98. The maximum absolute atomic E-state index is 13.9. The van der Waals surface area contributed by atoms with E-state index in [1.165, 1.54) is 19.1 Å². The molecule has 0 spiro atoms. The molecule has 0 bridgehead atoms. The molecule has 5 heteroatoms. The first kappa shape index (κ1) is 14.4. The van der Waals surface area contributed by atoms with Gasteiger partial charge in [0.1, 0.15) is 5.82 Å². The lowest BCUT2D eigenvalue weighted by Crippen LogP contribution is -1.97. The maximum Gasteiger partial charge on any atom is 0.161 e. The molecule has 0 heterocycles. The molecule has 0 aromatic heterocycles. The fraction of sp³-hybridized carbons (Fsp3) is 0.0714. The fourth-order valence-corrected chi connectivity index (χ4v) is 3.08. The summed E-state index contributed by atoms with van der Waals surface area (Å²) in [7, 11) is 0. The van der Waals surface area contributed by atoms with Crippen molar-refractivity contribution < 1.29 is 9.18 Å². The van der Waals surface area contributed by atoms with Gasteiger partial charge in [-0.1, -0.05) is 47.1 Å². The molecule has 98 valence electrons. The first-order chi connectivity index (χ1) is 8.99. The van der Waals surface area contributed by atoms with E-state index in [0.29, 0.717) is 20.5 Å². The Hall–Kier alpha value is -1.03. The van der Waals surface area contributed by atoms with E-state index in [0.717, 1.165) is 11.8 Å². The largest absolute Gasteiger partial charge is 0.294 e. The normalized spacial score (nSPS) is 10.5. The Bertz CT molecular complexity index is 643. The van der Waals surface area contributed by atoms with Crippen LogP contribution in [-0.4, -0.2) is 5.78 Å². The van der Waals surface area contributed by atoms with Gasteiger partial charge >= 0.3 is 0 Å². The van der Waals surface area contributed by atoms with Crippen molar-refractivity contribution in [3.63, 3.8) is 0 Å². The lowest BCUT2D eigenvalue weighted by atomic mass is 10.1. The molecule has 0 fully saturated rings. The molecule has 0 unspecified atom stereocenters. The third-order valence-corrected chi connectivity index (χ3v) is 4.31. The van der Waals surface area contributed by atoms with Gasteiger partial charge in [0.2, 0.25) is 0 Å². The Morgan fingerprint density at radius 3 is 2.63 bits per heavy atom. The Kier molecular flexibility index (Phi) is 4.50. The van der Waals surface area contributed by atoms with Gasteiger partial charge in [-0.25, -0.2) is 4.39 Å². The van der Waals surface area contributed by atoms with Crippen molar-refractivity contribution in [3.8, 4) is 0 Å². The van der Waals surface area contributed by atoms with Crippen molar-refractivity contribution in [2.45, 2.75) is 16.7 Å². The number of hydrogen-bond donors (Lipinski definition) is 0. The topological polar surface area (TPSA) is 17.1 Å². The molecule has 0 atom stereocenters. The van der Waals surface area contributed by atoms with E-state index < -0.39 is 5.82 Å². The Labute approximate surface area is 124 Å². The van der Waals surface area contributed by atoms with E-state index in [1.54, 1.807) is 24.3 Å². The van der Waals surface area contributed by atoms with E-state index >= 15 is 0 Å². The van der Waals surface area contributed by atoms with Crippen molar-refractivity contribution in [1.29, 1.82) is 0 Å². The Balaban J connectivity index is 2.49. The Morgan fingerprint density at radius 1 is 1.21 bits per heavy atom. The summed E-state index contributed by atoms with van der Waals surface area (Å²) in [5.74, 6) is -0.645. The van der Waals surface area contributed by atoms with Gasteiger partial charge in [0.05, 0.1) is 9.92 Å². The monoisotopic (exact) mass is 314 g/mol. The number of halogens is 3. The lowest BCUT2D eigenvalue weighted by Gasteiger charge is -2.09. The van der Waals surface area contributed by atoms with Gasteiger partial charge in [0.15, 0.2) is 5.78 Å². The number of benzene rings is 2. The van der Waals surface area contributed by atoms with Crippen LogP contribution in [0.5, 0.6) is 0 Å². The second kappa shape index (κ2) is 5.95. The minimum absolute atomic E-state index is 0.194. The summed E-state index contributed by atoms with van der Waals surface area (Å²) < 4.78 is 13.9. The van der Waals surface area contributed by atoms with Crippen molar-refractivity contribution >= 4 is 40.7 Å². The van der Waals surface area contributed by atoms with Crippen molar-refractivity contribution in [2.75, 3.05) is 0 Å². The highest BCUT2D eigenvalue weighted by Gasteiger charge is 2.15. The average Bonchev–Trinajstić information content (AvgIpc) is 2.35. The summed E-state index contributed by atoms with van der Waals surface area (Å²) >= 11 is 13.0. The van der Waals surface area contributed by atoms with E-state index in [4.69, 9.17) is 23.2 Å². The van der Waals surface area contributed by atoms with Gasteiger partial charge in [-0.3, -0.25) is 4.79 Å². The quantitative estimate of drug-likeness (QED) is 0.697. The molecule has 0 aliphatic heterocycles. The summed E-state index contributed by atoms with van der Waals surface area (Å²) in [6.07, 6.45) is 0. The molecule has 19 heavy (non-hydrogen) atoms. The molecule has 0 saturated carbocycles. The van der Waals surface area contributed by atoms with Crippen LogP contribution in [0.3, 0.4) is 0 Å². The smallest absolute Gasteiger partial charge is 0.161 e. The second-order valence-electron chi connectivity index (χ2n) is 3.85. The van der Waals surface area contributed by atoms with Crippen LogP contribution in [0, 0.1) is 5.82 Å². The van der Waals surface area contributed by atoms with Gasteiger partial charge in [-0.05, 0) is 31.2 Å². The van der Waals surface area contributed by atoms with E-state index in [-0.39, 0.29) is 10.7 Å². The number of rotatable bonds is 3. The van der Waals surface area contributed by atoms with E-state index in [2.05, 4.69) is 0 Å².